The van der Waals surface area contributed by atoms with Crippen LogP contribution in [0.3, 0.4) is 0 Å². The fourth-order valence-corrected chi connectivity index (χ4v) is 1.21. The number of amides is 2. The van der Waals surface area contributed by atoms with E-state index < -0.39 is 0 Å². The minimum absolute atomic E-state index is 0.0724. The molecule has 0 radical (unpaired) electrons. The van der Waals surface area contributed by atoms with Crippen molar-refractivity contribution in [2.45, 2.75) is 18.9 Å². The number of hydrogen-bond donors (Lipinski definition) is 2. The smallest absolute Gasteiger partial charge is 0.314 e. The van der Waals surface area contributed by atoms with Gasteiger partial charge < -0.3 is 20.1 Å². The molecule has 0 aromatic carbocycles. The van der Waals surface area contributed by atoms with Gasteiger partial charge in [-0.15, -0.1) is 0 Å². The van der Waals surface area contributed by atoms with Crippen molar-refractivity contribution in [1.82, 2.24) is 10.6 Å². The van der Waals surface area contributed by atoms with Gasteiger partial charge in [0, 0.05) is 14.2 Å². The van der Waals surface area contributed by atoms with Crippen LogP contribution >= 0.6 is 0 Å². The quantitative estimate of drug-likeness (QED) is 0.624. The number of ether oxygens (including phenoxy) is 2. The molecule has 1 aliphatic carbocycles. The molecule has 1 saturated carbocycles. The van der Waals surface area contributed by atoms with Crippen LogP contribution in [0, 0.1) is 5.92 Å². The van der Waals surface area contributed by atoms with E-state index in [1.165, 1.54) is 14.2 Å². The van der Waals surface area contributed by atoms with Crippen LogP contribution in [0.25, 0.3) is 0 Å². The van der Waals surface area contributed by atoms with Crippen LogP contribution in [0.5, 0.6) is 0 Å². The van der Waals surface area contributed by atoms with E-state index in [0.29, 0.717) is 6.61 Å². The van der Waals surface area contributed by atoms with E-state index >= 15 is 0 Å². The van der Waals surface area contributed by atoms with Gasteiger partial charge in [0.25, 0.3) is 0 Å². The second kappa shape index (κ2) is 6.32. The van der Waals surface area contributed by atoms with Gasteiger partial charge in [0.2, 0.25) is 0 Å². The molecule has 0 aromatic rings. The van der Waals surface area contributed by atoms with Crippen LogP contribution in [0.1, 0.15) is 12.8 Å². The number of hydrogen-bond acceptors (Lipinski definition) is 4. The molecule has 6 nitrogen and oxygen atoms in total. The number of nitrogens with one attached hydrogen (secondary N) is 2. The largest absolute Gasteiger partial charge is 0.463 e. The van der Waals surface area contributed by atoms with Crippen LogP contribution in [0.15, 0.2) is 0 Å². The Kier molecular flexibility index (Phi) is 5.04. The van der Waals surface area contributed by atoms with Crippen molar-refractivity contribution >= 4 is 12.0 Å². The third-order valence-electron chi connectivity index (χ3n) is 2.27. The summed E-state index contributed by atoms with van der Waals surface area (Å²) in [6.45, 7) is 0.460. The molecule has 1 fully saturated rings. The van der Waals surface area contributed by atoms with Crippen molar-refractivity contribution in [3.05, 3.63) is 0 Å². The highest BCUT2D eigenvalue weighted by atomic mass is 16.5. The lowest BCUT2D eigenvalue weighted by Crippen LogP contribution is -2.45. The topological polar surface area (TPSA) is 76.7 Å². The van der Waals surface area contributed by atoms with E-state index in [1.54, 1.807) is 0 Å². The fourth-order valence-electron chi connectivity index (χ4n) is 1.21. The first-order valence-corrected chi connectivity index (χ1v) is 5.31. The molecule has 0 saturated heterocycles. The Morgan fingerprint density at radius 1 is 1.38 bits per heavy atom. The Morgan fingerprint density at radius 2 is 2.06 bits per heavy atom. The summed E-state index contributed by atoms with van der Waals surface area (Å²) in [7, 11) is 3.05. The molecular weight excluding hydrogens is 212 g/mol. The number of carbonyl (C=O) groups is 2. The molecule has 2 N–H and O–H groups in total. The van der Waals surface area contributed by atoms with Gasteiger partial charge in [-0.2, -0.15) is 0 Å². The number of rotatable bonds is 6. The van der Waals surface area contributed by atoms with E-state index in [9.17, 15) is 9.59 Å². The molecule has 1 unspecified atom stereocenters. The van der Waals surface area contributed by atoms with Crippen LogP contribution in [-0.2, 0) is 14.3 Å². The summed E-state index contributed by atoms with van der Waals surface area (Å²) in [6.07, 6.45) is 1.83. The zero-order chi connectivity index (χ0) is 12.0. The monoisotopic (exact) mass is 230 g/mol. The number of urea groups is 1. The zero-order valence-electron chi connectivity index (χ0n) is 9.62. The van der Waals surface area contributed by atoms with Gasteiger partial charge in [0.05, 0.1) is 18.6 Å². The summed E-state index contributed by atoms with van der Waals surface area (Å²) >= 11 is 0. The van der Waals surface area contributed by atoms with Crippen molar-refractivity contribution in [3.63, 3.8) is 0 Å². The minimum atomic E-state index is -0.315. The Hall–Kier alpha value is -1.30. The molecule has 2 amide bonds. The third-order valence-corrected chi connectivity index (χ3v) is 2.27. The van der Waals surface area contributed by atoms with Crippen LogP contribution in [0.2, 0.25) is 0 Å². The highest BCUT2D eigenvalue weighted by Gasteiger charge is 2.31. The maximum absolute atomic E-state index is 11.3. The Balaban J connectivity index is 2.25. The molecule has 16 heavy (non-hydrogen) atoms. The summed E-state index contributed by atoms with van der Waals surface area (Å²) in [6, 6.07) is -0.628. The third kappa shape index (κ3) is 4.48. The predicted octanol–water partition coefficient (Wildman–Crippen LogP) is -0.116. The molecule has 1 rings (SSSR count). The van der Waals surface area contributed by atoms with Gasteiger partial charge >= 0.3 is 12.0 Å². The average molecular weight is 230 g/mol. The number of esters is 1. The van der Waals surface area contributed by atoms with E-state index in [4.69, 9.17) is 9.47 Å². The Labute approximate surface area is 94.7 Å². The van der Waals surface area contributed by atoms with Crippen molar-refractivity contribution in [1.29, 1.82) is 0 Å². The Morgan fingerprint density at radius 3 is 2.56 bits per heavy atom. The summed E-state index contributed by atoms with van der Waals surface area (Å²) in [5, 5.41) is 5.06. The Bertz CT molecular complexity index is 253. The highest BCUT2D eigenvalue weighted by molar-refractivity contribution is 5.75. The van der Waals surface area contributed by atoms with Crippen LogP contribution < -0.4 is 10.6 Å². The molecule has 1 aliphatic rings. The van der Waals surface area contributed by atoms with Crippen molar-refractivity contribution < 1.29 is 19.1 Å². The molecule has 0 aliphatic heterocycles. The van der Waals surface area contributed by atoms with E-state index in [-0.39, 0.29) is 30.6 Å². The van der Waals surface area contributed by atoms with Gasteiger partial charge in [-0.3, -0.25) is 4.79 Å². The first kappa shape index (κ1) is 12.8. The van der Waals surface area contributed by atoms with Gasteiger partial charge in [0.15, 0.2) is 0 Å². The maximum Gasteiger partial charge on any atom is 0.314 e. The van der Waals surface area contributed by atoms with E-state index in [2.05, 4.69) is 10.6 Å². The molecule has 0 spiro atoms. The number of carbonyl (C=O) groups excluding carboxylic acids is 2. The zero-order valence-corrected chi connectivity index (χ0v) is 9.62. The average Bonchev–Trinajstić information content (AvgIpc) is 3.09. The normalized spacial score (nSPS) is 16.4. The lowest BCUT2D eigenvalue weighted by atomic mass is 10.3. The molecule has 0 aromatic heterocycles. The second-order valence-corrected chi connectivity index (χ2v) is 3.78. The highest BCUT2D eigenvalue weighted by Crippen LogP contribution is 2.29. The lowest BCUT2D eigenvalue weighted by molar-refractivity contribution is -0.146. The van der Waals surface area contributed by atoms with E-state index in [0.717, 1.165) is 12.8 Å². The summed E-state index contributed by atoms with van der Waals surface area (Å²) in [4.78, 5) is 22.3. The van der Waals surface area contributed by atoms with Crippen molar-refractivity contribution in [2.24, 2.45) is 5.92 Å². The molecular formula is C10H18N2O4. The van der Waals surface area contributed by atoms with Crippen LogP contribution in [-0.4, -0.2) is 45.4 Å². The maximum atomic E-state index is 11.3. The van der Waals surface area contributed by atoms with Gasteiger partial charge in [-0.1, -0.05) is 0 Å². The minimum Gasteiger partial charge on any atom is -0.463 e. The predicted molar refractivity (Wildman–Crippen MR) is 56.9 cm³/mol. The lowest BCUT2D eigenvalue weighted by Gasteiger charge is -2.17. The first-order chi connectivity index (χ1) is 7.67. The van der Waals surface area contributed by atoms with Gasteiger partial charge in [-0.25, -0.2) is 4.79 Å². The second-order valence-electron chi connectivity index (χ2n) is 3.78. The summed E-state index contributed by atoms with van der Waals surface area (Å²) in [5.41, 5.74) is 0. The van der Waals surface area contributed by atoms with E-state index in [1.807, 2.05) is 0 Å². The molecule has 92 valence electrons. The van der Waals surface area contributed by atoms with Gasteiger partial charge in [0.1, 0.15) is 6.61 Å². The van der Waals surface area contributed by atoms with Crippen molar-refractivity contribution in [2.75, 3.05) is 27.4 Å². The van der Waals surface area contributed by atoms with Gasteiger partial charge in [-0.05, 0) is 12.8 Å². The summed E-state index contributed by atoms with van der Waals surface area (Å²) in [5.74, 6) is -0.108. The number of methoxy groups -OCH3 is 1. The molecule has 1 atom stereocenters. The molecule has 0 bridgehead atoms. The van der Waals surface area contributed by atoms with Crippen molar-refractivity contribution in [3.8, 4) is 0 Å². The first-order valence-electron chi connectivity index (χ1n) is 5.31. The standard InChI is InChI=1S/C10H18N2O4/c1-11-10(14)12-8(5-15-2)6-16-9(13)7-3-4-7/h7-8H,3-6H2,1-2H3,(H2,11,12,14). The molecule has 0 heterocycles. The van der Waals surface area contributed by atoms with Crippen LogP contribution in [0.4, 0.5) is 4.79 Å². The molecule has 6 heteroatoms. The fraction of sp³-hybridized carbons (Fsp3) is 0.800. The summed E-state index contributed by atoms with van der Waals surface area (Å²) < 4.78 is 9.99. The SMILES string of the molecule is CNC(=O)NC(COC)COC(=O)C1CC1.